The molecular formula is C11H16N2O2. The van der Waals surface area contributed by atoms with E-state index in [1.54, 1.807) is 0 Å². The zero-order chi connectivity index (χ0) is 15.8. The number of imidazole rings is 1. The van der Waals surface area contributed by atoms with Gasteiger partial charge in [-0.2, -0.15) is 0 Å². The molecule has 1 aliphatic heterocycles. The first kappa shape index (κ1) is 5.14. The van der Waals surface area contributed by atoms with Crippen LogP contribution in [0.2, 0.25) is 0 Å². The van der Waals surface area contributed by atoms with Crippen LogP contribution >= 0.6 is 0 Å². The van der Waals surface area contributed by atoms with Gasteiger partial charge in [0.25, 0.3) is 0 Å². The predicted molar refractivity (Wildman–Crippen MR) is 55.1 cm³/mol. The van der Waals surface area contributed by atoms with Crippen LogP contribution in [-0.2, 0) is 22.9 Å². The Balaban J connectivity index is 2.15. The molecule has 1 aliphatic rings. The van der Waals surface area contributed by atoms with Crippen LogP contribution in [0, 0.1) is 11.8 Å². The molecule has 2 heterocycles. The van der Waals surface area contributed by atoms with Crippen LogP contribution in [0.1, 0.15) is 27.2 Å². The van der Waals surface area contributed by atoms with E-state index in [1.165, 1.54) is 12.5 Å². The van der Waals surface area contributed by atoms with E-state index in [9.17, 15) is 4.79 Å². The number of rotatable bonds is 3. The topological polar surface area (TPSA) is 44.1 Å². The number of hydrogen-bond donors (Lipinski definition) is 0. The number of ether oxygens (including phenoxy) is 1. The number of aromatic nitrogens is 2. The van der Waals surface area contributed by atoms with Crippen molar-refractivity contribution in [1.82, 2.24) is 9.55 Å². The summed E-state index contributed by atoms with van der Waals surface area (Å²) in [5.41, 5.74) is 0.439. The van der Waals surface area contributed by atoms with Gasteiger partial charge >= 0.3 is 5.97 Å². The second kappa shape index (κ2) is 4.04. The smallest absolute Gasteiger partial charge is 0.309 e. The first-order valence-corrected chi connectivity index (χ1v) is 4.76. The monoisotopic (exact) mass is 214 g/mol. The van der Waals surface area contributed by atoms with Crippen molar-refractivity contribution >= 4 is 5.97 Å². The second-order valence-electron chi connectivity index (χ2n) is 3.66. The Bertz CT molecular complexity index is 522. The fraction of sp³-hybridized carbons (Fsp3) is 0.636. The molecule has 0 aliphatic carbocycles. The summed E-state index contributed by atoms with van der Waals surface area (Å²) in [4.78, 5) is 15.5. The molecule has 0 spiro atoms. The van der Waals surface area contributed by atoms with E-state index in [4.69, 9.17) is 13.0 Å². The van der Waals surface area contributed by atoms with Gasteiger partial charge < -0.3 is 9.30 Å². The van der Waals surface area contributed by atoms with Gasteiger partial charge in [0.1, 0.15) is 0 Å². The Hall–Kier alpha value is -1.32. The molecule has 0 aromatic carbocycles. The number of esters is 1. The lowest BCUT2D eigenvalue weighted by molar-refractivity contribution is -0.141. The van der Waals surface area contributed by atoms with Gasteiger partial charge in [-0.15, -0.1) is 0 Å². The average molecular weight is 214 g/mol. The molecule has 0 bridgehead atoms. The number of aryl methyl sites for hydroxylation is 1. The van der Waals surface area contributed by atoms with Crippen molar-refractivity contribution in [2.45, 2.75) is 19.7 Å². The van der Waals surface area contributed by atoms with Gasteiger partial charge in [0.05, 0.1) is 18.9 Å². The molecule has 15 heavy (non-hydrogen) atoms. The van der Waals surface area contributed by atoms with E-state index >= 15 is 0 Å². The second-order valence-corrected chi connectivity index (χ2v) is 3.66. The van der Waals surface area contributed by atoms with Crippen LogP contribution in [-0.4, -0.2) is 22.1 Å². The summed E-state index contributed by atoms with van der Waals surface area (Å²) < 4.78 is 50.1. The molecule has 4 nitrogen and oxygen atoms in total. The van der Waals surface area contributed by atoms with E-state index < -0.39 is 25.7 Å². The first-order chi connectivity index (χ1) is 9.58. The Morgan fingerprint density at radius 1 is 1.80 bits per heavy atom. The maximum atomic E-state index is 11.7. The summed E-state index contributed by atoms with van der Waals surface area (Å²) >= 11 is 0. The summed E-state index contributed by atoms with van der Waals surface area (Å²) in [6.07, 6.45) is 2.60. The summed E-state index contributed by atoms with van der Waals surface area (Å²) in [7, 11) is 0. The lowest BCUT2D eigenvalue weighted by atomic mass is 9.89. The summed E-state index contributed by atoms with van der Waals surface area (Å²) in [6.45, 7) is -4.48. The van der Waals surface area contributed by atoms with Gasteiger partial charge in [0.15, 0.2) is 0 Å². The van der Waals surface area contributed by atoms with Crippen molar-refractivity contribution < 1.29 is 17.8 Å². The fourth-order valence-corrected chi connectivity index (χ4v) is 1.80. The highest BCUT2D eigenvalue weighted by Crippen LogP contribution is 2.27. The Kier molecular flexibility index (Phi) is 1.39. The highest BCUT2D eigenvalue weighted by Gasteiger charge is 2.35. The number of nitrogens with zero attached hydrogens (tertiary/aromatic N) is 2. The van der Waals surface area contributed by atoms with E-state index in [2.05, 4.69) is 4.98 Å². The summed E-state index contributed by atoms with van der Waals surface area (Å²) in [5, 5.41) is 0. The molecule has 0 amide bonds. The van der Waals surface area contributed by atoms with Crippen LogP contribution in [0.4, 0.5) is 0 Å². The van der Waals surface area contributed by atoms with Crippen molar-refractivity contribution in [3.8, 4) is 0 Å². The minimum atomic E-state index is -2.35. The SMILES string of the molecule is [2H]C([2H])([2H])C[C@@H]1C(=O)OC[C@@H]1Cc1cncn1C([2H])([2H])[2H]. The predicted octanol–water partition coefficient (Wildman–Crippen LogP) is 1.16. The highest BCUT2D eigenvalue weighted by molar-refractivity contribution is 5.74. The third-order valence-corrected chi connectivity index (χ3v) is 2.72. The number of hydrogen-bond acceptors (Lipinski definition) is 3. The molecule has 4 heteroatoms. The number of cyclic esters (lactones) is 1. The van der Waals surface area contributed by atoms with Gasteiger partial charge in [0, 0.05) is 33.0 Å². The zero-order valence-electron chi connectivity index (χ0n) is 14.1. The van der Waals surface area contributed by atoms with Gasteiger partial charge in [-0.05, 0) is 12.8 Å². The third-order valence-electron chi connectivity index (χ3n) is 2.72. The Morgan fingerprint density at radius 3 is 3.53 bits per heavy atom. The highest BCUT2D eigenvalue weighted by atomic mass is 16.5. The normalized spacial score (nSPS) is 33.2. The molecule has 1 saturated heterocycles. The van der Waals surface area contributed by atoms with E-state index in [0.717, 1.165) is 4.57 Å². The summed E-state index contributed by atoms with van der Waals surface area (Å²) in [5.74, 6) is -1.62. The van der Waals surface area contributed by atoms with Crippen LogP contribution in [0.15, 0.2) is 12.5 Å². The van der Waals surface area contributed by atoms with Gasteiger partial charge in [-0.25, -0.2) is 4.98 Å². The number of carbonyl (C=O) groups excluding carboxylic acids is 1. The minimum absolute atomic E-state index is 0.103. The average Bonchev–Trinajstić information content (AvgIpc) is 2.88. The lowest BCUT2D eigenvalue weighted by Gasteiger charge is -2.12. The fourth-order valence-electron chi connectivity index (χ4n) is 1.80. The molecule has 1 fully saturated rings. The maximum absolute atomic E-state index is 11.7. The maximum Gasteiger partial charge on any atom is 0.309 e. The molecule has 0 radical (unpaired) electrons. The molecular weight excluding hydrogens is 192 g/mol. The van der Waals surface area contributed by atoms with E-state index in [-0.39, 0.29) is 25.4 Å². The van der Waals surface area contributed by atoms with Crippen molar-refractivity contribution in [3.63, 3.8) is 0 Å². The van der Waals surface area contributed by atoms with Crippen molar-refractivity contribution in [1.29, 1.82) is 0 Å². The van der Waals surface area contributed by atoms with Crippen LogP contribution in [0.3, 0.4) is 0 Å². The van der Waals surface area contributed by atoms with Crippen LogP contribution in [0.25, 0.3) is 0 Å². The zero-order valence-corrected chi connectivity index (χ0v) is 8.14. The molecule has 1 aromatic heterocycles. The van der Waals surface area contributed by atoms with E-state index in [0.29, 0.717) is 5.69 Å². The van der Waals surface area contributed by atoms with Crippen molar-refractivity contribution in [2.75, 3.05) is 6.61 Å². The molecule has 82 valence electrons. The number of carbonyl (C=O) groups is 1. The van der Waals surface area contributed by atoms with Crippen molar-refractivity contribution in [3.05, 3.63) is 18.2 Å². The molecule has 2 atom stereocenters. The van der Waals surface area contributed by atoms with Gasteiger partial charge in [0.2, 0.25) is 0 Å². The largest absolute Gasteiger partial charge is 0.465 e. The van der Waals surface area contributed by atoms with Crippen LogP contribution < -0.4 is 0 Å². The minimum Gasteiger partial charge on any atom is -0.465 e. The van der Waals surface area contributed by atoms with Gasteiger partial charge in [-0.3, -0.25) is 4.79 Å². The molecule has 2 rings (SSSR count). The Morgan fingerprint density at radius 2 is 2.73 bits per heavy atom. The molecule has 0 saturated carbocycles. The van der Waals surface area contributed by atoms with Crippen molar-refractivity contribution in [2.24, 2.45) is 18.8 Å². The molecule has 0 unspecified atom stereocenters. The van der Waals surface area contributed by atoms with Crippen LogP contribution in [0.5, 0.6) is 0 Å². The Labute approximate surface area is 97.7 Å². The molecule has 0 N–H and O–H groups in total. The quantitative estimate of drug-likeness (QED) is 0.709. The lowest BCUT2D eigenvalue weighted by Crippen LogP contribution is -2.18. The summed E-state index contributed by atoms with van der Waals surface area (Å²) in [6, 6.07) is 0. The van der Waals surface area contributed by atoms with E-state index in [1.807, 2.05) is 0 Å². The standard InChI is InChI=1S/C11H16N2O2/c1-3-10-8(6-15-11(10)14)4-9-5-12-7-13(9)2/h5,7-8,10H,3-4,6H2,1-2H3/t8-,10-/m0/s1/i1D3,2D3. The first-order valence-electron chi connectivity index (χ1n) is 7.76. The molecule has 1 aromatic rings. The van der Waals surface area contributed by atoms with Gasteiger partial charge in [-0.1, -0.05) is 6.85 Å². The third kappa shape index (κ3) is 1.89.